The normalized spacial score (nSPS) is 13.5. The lowest BCUT2D eigenvalue weighted by atomic mass is 9.33. The van der Waals surface area contributed by atoms with Crippen LogP contribution in [-0.4, -0.2) is 15.8 Å². The molecule has 6 nitrogen and oxygen atoms in total. The molecule has 3 aromatic heterocycles. The molecule has 14 aromatic rings. The second kappa shape index (κ2) is 16.4. The van der Waals surface area contributed by atoms with Crippen LogP contribution in [0.1, 0.15) is 52.7 Å². The van der Waals surface area contributed by atoms with E-state index in [1.807, 2.05) is 0 Å². The first kappa shape index (κ1) is 46.2. The second-order valence-electron chi connectivity index (χ2n) is 24.5. The van der Waals surface area contributed by atoms with Gasteiger partial charge < -0.3 is 28.3 Å². The minimum absolute atomic E-state index is 0.0231. The summed E-state index contributed by atoms with van der Waals surface area (Å²) in [7, 11) is 0. The fourth-order valence-electron chi connectivity index (χ4n) is 14.1. The van der Waals surface area contributed by atoms with Gasteiger partial charge in [0, 0.05) is 66.4 Å². The van der Waals surface area contributed by atoms with Crippen molar-refractivity contribution >= 4 is 140 Å². The van der Waals surface area contributed by atoms with Crippen LogP contribution in [0, 0.1) is 0 Å². The maximum absolute atomic E-state index is 7.13. The van der Waals surface area contributed by atoms with Crippen LogP contribution in [-0.2, 0) is 10.8 Å². The molecule has 11 aromatic carbocycles. The first-order valence-corrected chi connectivity index (χ1v) is 28.5. The van der Waals surface area contributed by atoms with Gasteiger partial charge in [-0.2, -0.15) is 0 Å². The van der Waals surface area contributed by atoms with Crippen molar-refractivity contribution in [1.82, 2.24) is 9.13 Å². The van der Waals surface area contributed by atoms with Gasteiger partial charge in [-0.25, -0.2) is 0 Å². The van der Waals surface area contributed by atoms with E-state index in [2.05, 4.69) is 296 Å². The van der Waals surface area contributed by atoms with E-state index in [1.54, 1.807) is 0 Å². The van der Waals surface area contributed by atoms with Crippen LogP contribution in [0.5, 0.6) is 0 Å². The van der Waals surface area contributed by atoms with Crippen LogP contribution in [0.2, 0.25) is 0 Å². The number of anilines is 9. The fraction of sp³-hybridized carbons (Fsp3) is 0.108. The molecule has 0 saturated heterocycles. The van der Waals surface area contributed by atoms with Gasteiger partial charge in [-0.1, -0.05) is 169 Å². The Morgan fingerprint density at radius 1 is 0.370 bits per heavy atom. The number of nitrogens with zero attached hydrogens (tertiary/aromatic N) is 5. The Balaban J connectivity index is 1.02. The van der Waals surface area contributed by atoms with Gasteiger partial charge in [-0.3, -0.25) is 0 Å². The zero-order valence-corrected chi connectivity index (χ0v) is 46.2. The molecule has 0 amide bonds. The van der Waals surface area contributed by atoms with Crippen LogP contribution >= 0.6 is 0 Å². The van der Waals surface area contributed by atoms with Crippen molar-refractivity contribution < 1.29 is 4.42 Å². The van der Waals surface area contributed by atoms with Gasteiger partial charge in [0.05, 0.1) is 50.5 Å². The molecule has 0 spiro atoms. The Morgan fingerprint density at radius 2 is 0.938 bits per heavy atom. The summed E-state index contributed by atoms with van der Waals surface area (Å²) in [6.07, 6.45) is 0. The average molecular weight is 1040 g/mol. The van der Waals surface area contributed by atoms with E-state index in [-0.39, 0.29) is 17.5 Å². The first-order valence-electron chi connectivity index (χ1n) is 28.5. The van der Waals surface area contributed by atoms with E-state index in [1.165, 1.54) is 82.5 Å². The molecule has 0 fully saturated rings. The molecule has 7 heteroatoms. The Kier molecular flexibility index (Phi) is 9.38. The molecule has 0 bridgehead atoms. The lowest BCUT2D eigenvalue weighted by Gasteiger charge is -2.46. The molecule has 0 aliphatic carbocycles. The van der Waals surface area contributed by atoms with Gasteiger partial charge in [0.15, 0.2) is 5.58 Å². The highest BCUT2D eigenvalue weighted by molar-refractivity contribution is 7.00. The summed E-state index contributed by atoms with van der Waals surface area (Å²) in [5, 5.41) is 7.20. The average Bonchev–Trinajstić information content (AvgIpc) is 4.04. The zero-order chi connectivity index (χ0) is 54.2. The molecule has 6 heterocycles. The Morgan fingerprint density at radius 3 is 1.63 bits per heavy atom. The van der Waals surface area contributed by atoms with Crippen LogP contribution in [0.25, 0.3) is 76.9 Å². The zero-order valence-electron chi connectivity index (χ0n) is 46.2. The highest BCUT2D eigenvalue weighted by Crippen LogP contribution is 2.55. The smallest absolute Gasteiger partial charge is 0.252 e. The maximum atomic E-state index is 7.13. The van der Waals surface area contributed by atoms with Crippen molar-refractivity contribution in [3.05, 3.63) is 242 Å². The fourth-order valence-corrected chi connectivity index (χ4v) is 14.1. The van der Waals surface area contributed by atoms with Crippen molar-refractivity contribution in [2.45, 2.75) is 52.4 Å². The molecule has 3 aliphatic heterocycles. The Hall–Kier alpha value is -9.72. The number of rotatable bonds is 5. The van der Waals surface area contributed by atoms with Crippen LogP contribution in [0.15, 0.2) is 235 Å². The van der Waals surface area contributed by atoms with Crippen molar-refractivity contribution in [3.8, 4) is 11.4 Å². The number of hydrogen-bond donors (Lipinski definition) is 0. The predicted molar refractivity (Wildman–Crippen MR) is 342 cm³/mol. The Labute approximate surface area is 471 Å². The van der Waals surface area contributed by atoms with Crippen LogP contribution in [0.4, 0.5) is 51.2 Å². The number of benzene rings is 11. The highest BCUT2D eigenvalue weighted by atomic mass is 16.3. The predicted octanol–water partition coefficient (Wildman–Crippen LogP) is 18.2. The van der Waals surface area contributed by atoms with Crippen LogP contribution in [0.3, 0.4) is 0 Å². The molecule has 0 unspecified atom stereocenters. The largest absolute Gasteiger partial charge is 0.454 e. The number of aromatic nitrogens is 2. The lowest BCUT2D eigenvalue weighted by molar-refractivity contribution is 0.590. The molecule has 17 rings (SSSR count). The molecule has 0 atom stereocenters. The standard InChI is InChI=1S/C74H56BN5O/c1-73(2,3)45-34-38-60-55(40-45)56-41-46(74(4,5)6)35-39-61(56)77(60)49-36-37-57-65(42-49)78(64-32-18-27-54-52-25-14-16-33-68(52)81-72(54)64)66-43-50(76(47-20-9-7-10-21-47)48-22-11-8-12-23-48)44-67-69(66)75(57)58-28-19-31-63-71(58)80(67)62-30-17-26-53-51-24-13-15-29-59(51)79(63)70(53)62/h7-44H,1-6H3. The molecule has 0 N–H and O–H groups in total. The van der Waals surface area contributed by atoms with Gasteiger partial charge in [0.1, 0.15) is 5.58 Å². The van der Waals surface area contributed by atoms with Crippen molar-refractivity contribution in [2.24, 2.45) is 0 Å². The van der Waals surface area contributed by atoms with Gasteiger partial charge in [0.2, 0.25) is 0 Å². The maximum Gasteiger partial charge on any atom is 0.252 e. The van der Waals surface area contributed by atoms with E-state index >= 15 is 0 Å². The number of fused-ring (bicyclic) bond motifs is 15. The van der Waals surface area contributed by atoms with E-state index < -0.39 is 0 Å². The molecular formula is C74H56BN5O. The van der Waals surface area contributed by atoms with Crippen LogP contribution < -0.4 is 31.1 Å². The topological polar surface area (TPSA) is 32.7 Å². The third-order valence-corrected chi connectivity index (χ3v) is 17.9. The monoisotopic (exact) mass is 1040 g/mol. The summed E-state index contributed by atoms with van der Waals surface area (Å²) in [6, 6.07) is 86.2. The summed E-state index contributed by atoms with van der Waals surface area (Å²) < 4.78 is 12.2. The van der Waals surface area contributed by atoms with Crippen molar-refractivity contribution in [2.75, 3.05) is 14.7 Å². The second-order valence-corrected chi connectivity index (χ2v) is 24.5. The quantitative estimate of drug-likeness (QED) is 0.161. The highest BCUT2D eigenvalue weighted by Gasteiger charge is 2.47. The Bertz CT molecular complexity index is 4880. The van der Waals surface area contributed by atoms with Crippen molar-refractivity contribution in [1.29, 1.82) is 0 Å². The lowest BCUT2D eigenvalue weighted by Crippen LogP contribution is -2.61. The summed E-state index contributed by atoms with van der Waals surface area (Å²) in [5.74, 6) is 0. The van der Waals surface area contributed by atoms with E-state index in [0.29, 0.717) is 0 Å². The molecule has 0 saturated carbocycles. The molecule has 81 heavy (non-hydrogen) atoms. The third-order valence-electron chi connectivity index (χ3n) is 17.9. The summed E-state index contributed by atoms with van der Waals surface area (Å²) in [4.78, 5) is 7.58. The molecule has 0 radical (unpaired) electrons. The number of hydrogen-bond acceptors (Lipinski definition) is 4. The molecule has 386 valence electrons. The van der Waals surface area contributed by atoms with Gasteiger partial charge in [-0.15, -0.1) is 0 Å². The number of para-hydroxylation sites is 7. The minimum atomic E-state index is -0.142. The van der Waals surface area contributed by atoms with Gasteiger partial charge in [-0.05, 0) is 141 Å². The van der Waals surface area contributed by atoms with E-state index in [4.69, 9.17) is 4.42 Å². The number of furan rings is 1. The van der Waals surface area contributed by atoms with Gasteiger partial charge >= 0.3 is 0 Å². The van der Waals surface area contributed by atoms with Crippen molar-refractivity contribution in [3.63, 3.8) is 0 Å². The SMILES string of the molecule is CC(C)(C)c1ccc2c(c1)c1cc(C(C)(C)C)ccc1n2-c1ccc2c(c1)N(c1cccc3c1oc1ccccc13)c1cc(N(c3ccccc3)c3ccccc3)cc3c1B2c1cccc2c1N3c1cccc3c4ccccc4n-2c13. The summed E-state index contributed by atoms with van der Waals surface area (Å²) >= 11 is 0. The third kappa shape index (κ3) is 6.46. The first-order chi connectivity index (χ1) is 39.5. The summed E-state index contributed by atoms with van der Waals surface area (Å²) in [5.41, 5.74) is 25.1. The van der Waals surface area contributed by atoms with E-state index in [9.17, 15) is 0 Å². The minimum Gasteiger partial charge on any atom is -0.454 e. The molecule has 3 aliphatic rings. The van der Waals surface area contributed by atoms with Gasteiger partial charge in [0.25, 0.3) is 6.71 Å². The molecular weight excluding hydrogens is 986 g/mol. The van der Waals surface area contributed by atoms with E-state index in [0.717, 1.165) is 73.1 Å². The summed E-state index contributed by atoms with van der Waals surface area (Å²) in [6.45, 7) is 13.8.